The highest BCUT2D eigenvalue weighted by molar-refractivity contribution is 5.97. The van der Waals surface area contributed by atoms with Crippen LogP contribution >= 0.6 is 0 Å². The molecule has 0 radical (unpaired) electrons. The molecule has 0 unspecified atom stereocenters. The standard InChI is InChI=1S/C24H38O3/c1-4-21(27-17(3)25)10-6-5-8-16(2)24(26)20-14-19-13-12-18-9-7-11-22(18)23(19)15-20/h15-16,18-19,21-23H,4-14H2,1-3H3/t16-,18+,19+,21+,22-,23-/m1/s1. The number of hydrogen-bond donors (Lipinski definition) is 0. The number of esters is 1. The fourth-order valence-corrected chi connectivity index (χ4v) is 6.02. The molecule has 0 aromatic rings. The Labute approximate surface area is 165 Å². The van der Waals surface area contributed by atoms with E-state index in [1.165, 1.54) is 39.0 Å². The van der Waals surface area contributed by atoms with Crippen LogP contribution in [0.1, 0.15) is 91.4 Å². The number of unbranched alkanes of at least 4 members (excludes halogenated alkanes) is 1. The van der Waals surface area contributed by atoms with Crippen LogP contribution in [0.2, 0.25) is 0 Å². The minimum atomic E-state index is -0.190. The molecule has 2 fully saturated rings. The Hall–Kier alpha value is -1.12. The van der Waals surface area contributed by atoms with Crippen molar-refractivity contribution in [3.8, 4) is 0 Å². The van der Waals surface area contributed by atoms with Gasteiger partial charge in [0.25, 0.3) is 0 Å². The van der Waals surface area contributed by atoms with Crippen molar-refractivity contribution in [3.63, 3.8) is 0 Å². The molecule has 3 nitrogen and oxygen atoms in total. The monoisotopic (exact) mass is 374 g/mol. The van der Waals surface area contributed by atoms with Crippen molar-refractivity contribution in [3.05, 3.63) is 11.6 Å². The van der Waals surface area contributed by atoms with Crippen molar-refractivity contribution < 1.29 is 14.3 Å². The minimum Gasteiger partial charge on any atom is -0.463 e. The first kappa shape index (κ1) is 20.6. The average Bonchev–Trinajstić information content (AvgIpc) is 3.28. The summed E-state index contributed by atoms with van der Waals surface area (Å²) in [6.07, 6.45) is 15.2. The zero-order chi connectivity index (χ0) is 19.4. The lowest BCUT2D eigenvalue weighted by Crippen LogP contribution is -2.28. The number of hydrogen-bond acceptors (Lipinski definition) is 3. The summed E-state index contributed by atoms with van der Waals surface area (Å²) in [6.45, 7) is 5.64. The van der Waals surface area contributed by atoms with Gasteiger partial charge in [0.05, 0.1) is 0 Å². The third-order valence-electron chi connectivity index (χ3n) is 7.51. The zero-order valence-electron chi connectivity index (χ0n) is 17.5. The number of fused-ring (bicyclic) bond motifs is 3. The van der Waals surface area contributed by atoms with Crippen molar-refractivity contribution in [2.45, 2.75) is 97.5 Å². The molecule has 0 aromatic carbocycles. The lowest BCUT2D eigenvalue weighted by molar-refractivity contribution is -0.146. The van der Waals surface area contributed by atoms with Crippen LogP contribution in [0.25, 0.3) is 0 Å². The average molecular weight is 375 g/mol. The van der Waals surface area contributed by atoms with Crippen LogP contribution in [-0.2, 0) is 14.3 Å². The summed E-state index contributed by atoms with van der Waals surface area (Å²) in [7, 11) is 0. The SMILES string of the molecule is CC[C@@H](CCCC[C@@H](C)C(=O)C1=C[C@@H]2[C@@H](CC[C@@H]3CCC[C@H]32)C1)OC(C)=O. The first-order valence-corrected chi connectivity index (χ1v) is 11.4. The summed E-state index contributed by atoms with van der Waals surface area (Å²) < 4.78 is 5.31. The van der Waals surface area contributed by atoms with Crippen LogP contribution in [0.4, 0.5) is 0 Å². The molecule has 3 rings (SSSR count). The molecule has 3 heteroatoms. The van der Waals surface area contributed by atoms with Gasteiger partial charge in [0.1, 0.15) is 6.10 Å². The maximum atomic E-state index is 13.0. The number of ketones is 1. The van der Waals surface area contributed by atoms with Gasteiger partial charge < -0.3 is 4.74 Å². The molecule has 0 amide bonds. The van der Waals surface area contributed by atoms with E-state index in [1.807, 2.05) is 0 Å². The van der Waals surface area contributed by atoms with E-state index in [2.05, 4.69) is 19.9 Å². The Kier molecular flexibility index (Phi) is 7.16. The van der Waals surface area contributed by atoms with Gasteiger partial charge in [0.15, 0.2) is 5.78 Å². The number of carbonyl (C=O) groups excluding carboxylic acids is 2. The van der Waals surface area contributed by atoms with E-state index in [0.717, 1.165) is 61.9 Å². The maximum absolute atomic E-state index is 13.0. The number of Topliss-reactive ketones (excluding diaryl/α,β-unsaturated/α-hetero) is 1. The van der Waals surface area contributed by atoms with Gasteiger partial charge in [-0.05, 0) is 80.6 Å². The van der Waals surface area contributed by atoms with E-state index < -0.39 is 0 Å². The summed E-state index contributed by atoms with van der Waals surface area (Å²) in [5.41, 5.74) is 1.15. The predicted molar refractivity (Wildman–Crippen MR) is 108 cm³/mol. The Morgan fingerprint density at radius 3 is 2.59 bits per heavy atom. The van der Waals surface area contributed by atoms with Crippen molar-refractivity contribution in [1.82, 2.24) is 0 Å². The van der Waals surface area contributed by atoms with E-state index in [4.69, 9.17) is 4.74 Å². The highest BCUT2D eigenvalue weighted by atomic mass is 16.5. The highest BCUT2D eigenvalue weighted by Gasteiger charge is 2.44. The summed E-state index contributed by atoms with van der Waals surface area (Å²) in [5, 5.41) is 0. The summed E-state index contributed by atoms with van der Waals surface area (Å²) in [4.78, 5) is 24.1. The van der Waals surface area contributed by atoms with E-state index in [-0.39, 0.29) is 18.0 Å². The lowest BCUT2D eigenvalue weighted by atomic mass is 9.69. The van der Waals surface area contributed by atoms with Gasteiger partial charge in [-0.3, -0.25) is 9.59 Å². The Bertz CT molecular complexity index is 564. The molecule has 0 aromatic heterocycles. The zero-order valence-corrected chi connectivity index (χ0v) is 17.5. The molecule has 0 spiro atoms. The molecule has 0 bridgehead atoms. The van der Waals surface area contributed by atoms with Gasteiger partial charge in [-0.25, -0.2) is 0 Å². The van der Waals surface area contributed by atoms with E-state index in [0.29, 0.717) is 11.7 Å². The number of ether oxygens (including phenoxy) is 1. The van der Waals surface area contributed by atoms with Gasteiger partial charge >= 0.3 is 5.97 Å². The van der Waals surface area contributed by atoms with E-state index in [9.17, 15) is 9.59 Å². The second-order valence-corrected chi connectivity index (χ2v) is 9.36. The van der Waals surface area contributed by atoms with Gasteiger partial charge in [-0.2, -0.15) is 0 Å². The fourth-order valence-electron chi connectivity index (χ4n) is 6.02. The summed E-state index contributed by atoms with van der Waals surface area (Å²) >= 11 is 0. The van der Waals surface area contributed by atoms with Crippen molar-refractivity contribution in [1.29, 1.82) is 0 Å². The topological polar surface area (TPSA) is 43.4 Å². The molecule has 0 saturated heterocycles. The van der Waals surface area contributed by atoms with Gasteiger partial charge in [-0.1, -0.05) is 39.2 Å². The molecule has 2 saturated carbocycles. The first-order valence-electron chi connectivity index (χ1n) is 11.4. The normalized spacial score (nSPS) is 31.6. The fraction of sp³-hybridized carbons (Fsp3) is 0.833. The third kappa shape index (κ3) is 5.03. The summed E-state index contributed by atoms with van der Waals surface area (Å²) in [6, 6.07) is 0. The van der Waals surface area contributed by atoms with Crippen LogP contribution in [0.5, 0.6) is 0 Å². The predicted octanol–water partition coefficient (Wildman–Crippen LogP) is 5.87. The number of carbonyl (C=O) groups is 2. The van der Waals surface area contributed by atoms with Crippen LogP contribution in [0.15, 0.2) is 11.6 Å². The highest BCUT2D eigenvalue weighted by Crippen LogP contribution is 2.53. The van der Waals surface area contributed by atoms with Crippen LogP contribution in [0.3, 0.4) is 0 Å². The van der Waals surface area contributed by atoms with Gasteiger partial charge in [0.2, 0.25) is 0 Å². The second kappa shape index (κ2) is 9.39. The largest absolute Gasteiger partial charge is 0.463 e. The third-order valence-corrected chi connectivity index (χ3v) is 7.51. The van der Waals surface area contributed by atoms with E-state index >= 15 is 0 Å². The van der Waals surface area contributed by atoms with Gasteiger partial charge in [0, 0.05) is 12.8 Å². The Morgan fingerprint density at radius 2 is 1.85 bits per heavy atom. The molecule has 3 aliphatic rings. The van der Waals surface area contributed by atoms with Crippen molar-refractivity contribution >= 4 is 11.8 Å². The van der Waals surface area contributed by atoms with Crippen LogP contribution in [-0.4, -0.2) is 17.9 Å². The molecular formula is C24H38O3. The summed E-state index contributed by atoms with van der Waals surface area (Å²) in [5.74, 6) is 3.62. The first-order chi connectivity index (χ1) is 13.0. The number of rotatable bonds is 9. The molecule has 27 heavy (non-hydrogen) atoms. The number of allylic oxidation sites excluding steroid dienone is 2. The molecule has 0 N–H and O–H groups in total. The molecule has 3 aliphatic carbocycles. The maximum Gasteiger partial charge on any atom is 0.302 e. The molecule has 0 aliphatic heterocycles. The van der Waals surface area contributed by atoms with E-state index in [1.54, 1.807) is 0 Å². The Morgan fingerprint density at radius 1 is 1.11 bits per heavy atom. The smallest absolute Gasteiger partial charge is 0.302 e. The van der Waals surface area contributed by atoms with Crippen molar-refractivity contribution in [2.24, 2.45) is 29.6 Å². The van der Waals surface area contributed by atoms with Crippen molar-refractivity contribution in [2.75, 3.05) is 0 Å². The Balaban J connectivity index is 1.44. The lowest BCUT2D eigenvalue weighted by Gasteiger charge is -2.35. The quantitative estimate of drug-likeness (QED) is 0.375. The van der Waals surface area contributed by atoms with Crippen LogP contribution in [0, 0.1) is 29.6 Å². The molecule has 6 atom stereocenters. The minimum absolute atomic E-state index is 0.0357. The van der Waals surface area contributed by atoms with Gasteiger partial charge in [-0.15, -0.1) is 0 Å². The second-order valence-electron chi connectivity index (χ2n) is 9.36. The molecule has 0 heterocycles. The molecule has 152 valence electrons. The van der Waals surface area contributed by atoms with Crippen LogP contribution < -0.4 is 0 Å². The molecular weight excluding hydrogens is 336 g/mol.